The van der Waals surface area contributed by atoms with Crippen LogP contribution in [0.15, 0.2) is 88.5 Å². The number of tetrazole rings is 1. The number of nitrogens with one attached hydrogen (secondary N) is 1. The number of nitrogens with zero attached hydrogens (tertiary/aromatic N) is 7. The first-order chi connectivity index (χ1) is 20.1. The van der Waals surface area contributed by atoms with Gasteiger partial charge in [-0.1, -0.05) is 85.8 Å². The van der Waals surface area contributed by atoms with E-state index in [1.807, 2.05) is 73.0 Å². The molecule has 0 saturated heterocycles. The zero-order valence-corrected chi connectivity index (χ0v) is 23.0. The van der Waals surface area contributed by atoms with Gasteiger partial charge in [0, 0.05) is 31.6 Å². The molecule has 3 aromatic heterocycles. The van der Waals surface area contributed by atoms with E-state index in [0.29, 0.717) is 49.5 Å². The second-order valence-corrected chi connectivity index (χ2v) is 9.85. The van der Waals surface area contributed by atoms with Gasteiger partial charge >= 0.3 is 5.69 Å². The number of aromatic amines is 1. The number of hydrogen-bond acceptors (Lipinski definition) is 6. The lowest BCUT2D eigenvalue weighted by atomic mass is 9.98. The van der Waals surface area contributed by atoms with E-state index >= 15 is 0 Å². The smallest absolute Gasteiger partial charge is 0.318 e. The summed E-state index contributed by atoms with van der Waals surface area (Å²) in [6.45, 7) is 5.03. The molecule has 0 atom stereocenters. The summed E-state index contributed by atoms with van der Waals surface area (Å²) in [4.78, 5) is 31.8. The highest BCUT2D eigenvalue weighted by Gasteiger charge is 2.21. The van der Waals surface area contributed by atoms with Crippen molar-refractivity contribution in [3.05, 3.63) is 117 Å². The van der Waals surface area contributed by atoms with E-state index in [2.05, 4.69) is 44.9 Å². The number of hydrogen-bond donors (Lipinski definition) is 1. The maximum Gasteiger partial charge on any atom is 0.332 e. The van der Waals surface area contributed by atoms with Crippen LogP contribution in [0.2, 0.25) is 0 Å². The van der Waals surface area contributed by atoms with E-state index in [-0.39, 0.29) is 11.2 Å². The topological polar surface area (TPSA) is 116 Å². The lowest BCUT2D eigenvalue weighted by Crippen LogP contribution is -2.40. The van der Waals surface area contributed by atoms with Gasteiger partial charge in [0.15, 0.2) is 17.0 Å². The lowest BCUT2D eigenvalue weighted by molar-refractivity contribution is 0.584. The Kier molecular flexibility index (Phi) is 7.11. The number of benzene rings is 3. The summed E-state index contributed by atoms with van der Waals surface area (Å²) < 4.78 is 4.93. The number of aromatic nitrogens is 8. The Bertz CT molecular complexity index is 1920. The molecule has 0 aliphatic rings. The highest BCUT2D eigenvalue weighted by atomic mass is 16.2. The summed E-state index contributed by atoms with van der Waals surface area (Å²) >= 11 is 0. The van der Waals surface area contributed by atoms with Crippen LogP contribution in [0.1, 0.15) is 30.8 Å². The predicted molar refractivity (Wildman–Crippen MR) is 158 cm³/mol. The summed E-state index contributed by atoms with van der Waals surface area (Å²) in [5.41, 5.74) is 5.37. The average molecular weight is 547 g/mol. The summed E-state index contributed by atoms with van der Waals surface area (Å²) in [7, 11) is 0. The van der Waals surface area contributed by atoms with Crippen molar-refractivity contribution in [1.82, 2.24) is 39.3 Å². The fourth-order valence-corrected chi connectivity index (χ4v) is 5.33. The minimum Gasteiger partial charge on any atom is -0.318 e. The number of aryl methyl sites for hydroxylation is 3. The van der Waals surface area contributed by atoms with Crippen LogP contribution in [0.5, 0.6) is 0 Å². The van der Waals surface area contributed by atoms with Gasteiger partial charge in [0.05, 0.1) is 0 Å². The Balaban J connectivity index is 1.39. The molecule has 41 heavy (non-hydrogen) atoms. The Morgan fingerprint density at radius 2 is 1.51 bits per heavy atom. The van der Waals surface area contributed by atoms with Gasteiger partial charge in [0.2, 0.25) is 0 Å². The monoisotopic (exact) mass is 546 g/mol. The molecular weight excluding hydrogens is 516 g/mol. The van der Waals surface area contributed by atoms with Gasteiger partial charge in [0.1, 0.15) is 5.82 Å². The van der Waals surface area contributed by atoms with Gasteiger partial charge in [0.25, 0.3) is 5.56 Å². The molecule has 0 bridgehead atoms. The van der Waals surface area contributed by atoms with E-state index < -0.39 is 0 Å². The van der Waals surface area contributed by atoms with Crippen molar-refractivity contribution in [2.45, 2.75) is 46.3 Å². The zero-order valence-electron chi connectivity index (χ0n) is 23.0. The number of rotatable bonds is 9. The van der Waals surface area contributed by atoms with Crippen LogP contribution in [0, 0.1) is 0 Å². The fraction of sp³-hybridized carbons (Fsp3) is 0.226. The summed E-state index contributed by atoms with van der Waals surface area (Å²) in [6, 6.07) is 26.2. The first-order valence-corrected chi connectivity index (χ1v) is 13.8. The standard InChI is InChI=1S/C31H30N8O2/c1-3-26-32-29-27(30(40)37(4-2)31(41)38(29)19-18-21-10-6-5-7-11-21)39(26)20-22-14-16-23(17-15-22)24-12-8-9-13-25(24)28-33-35-36-34-28/h5-17H,3-4,18-20H2,1-2H3,(H,33,34,35,36). The Morgan fingerprint density at radius 3 is 2.20 bits per heavy atom. The van der Waals surface area contributed by atoms with Gasteiger partial charge in [-0.2, -0.15) is 0 Å². The Labute approximate surface area is 235 Å². The van der Waals surface area contributed by atoms with Crippen LogP contribution in [-0.4, -0.2) is 39.3 Å². The first kappa shape index (κ1) is 26.1. The summed E-state index contributed by atoms with van der Waals surface area (Å²) in [5.74, 6) is 1.37. The number of imidazole rings is 1. The molecule has 0 radical (unpaired) electrons. The molecule has 10 heteroatoms. The third kappa shape index (κ3) is 4.88. The molecule has 0 unspecified atom stereocenters. The molecule has 0 amide bonds. The van der Waals surface area contributed by atoms with Crippen molar-refractivity contribution in [3.63, 3.8) is 0 Å². The molecule has 0 aliphatic heterocycles. The van der Waals surface area contributed by atoms with Crippen LogP contribution in [-0.2, 0) is 32.5 Å². The Hall–Kier alpha value is -5.12. The highest BCUT2D eigenvalue weighted by molar-refractivity contribution is 5.80. The first-order valence-electron chi connectivity index (χ1n) is 13.8. The van der Waals surface area contributed by atoms with Crippen LogP contribution >= 0.6 is 0 Å². The molecule has 3 heterocycles. The molecular formula is C31H30N8O2. The van der Waals surface area contributed by atoms with E-state index in [9.17, 15) is 9.59 Å². The second-order valence-electron chi connectivity index (χ2n) is 9.85. The molecule has 0 spiro atoms. The Morgan fingerprint density at radius 1 is 0.780 bits per heavy atom. The van der Waals surface area contributed by atoms with Crippen molar-refractivity contribution in [1.29, 1.82) is 0 Å². The molecule has 206 valence electrons. The molecule has 0 saturated carbocycles. The highest BCUT2D eigenvalue weighted by Crippen LogP contribution is 2.30. The molecule has 10 nitrogen and oxygen atoms in total. The maximum atomic E-state index is 13.6. The SMILES string of the molecule is CCc1nc2c(c(=O)n(CC)c(=O)n2CCc2ccccc2)n1Cc1ccc(-c2ccccc2-c2nnn[nH]2)cc1. The molecule has 0 aliphatic carbocycles. The third-order valence-corrected chi connectivity index (χ3v) is 7.43. The number of H-pyrrole nitrogens is 1. The van der Waals surface area contributed by atoms with Crippen LogP contribution in [0.25, 0.3) is 33.7 Å². The van der Waals surface area contributed by atoms with Gasteiger partial charge in [-0.15, -0.1) is 5.10 Å². The van der Waals surface area contributed by atoms with Crippen LogP contribution < -0.4 is 11.2 Å². The summed E-state index contributed by atoms with van der Waals surface area (Å²) in [6.07, 6.45) is 1.29. The van der Waals surface area contributed by atoms with Crippen molar-refractivity contribution < 1.29 is 0 Å². The fourth-order valence-electron chi connectivity index (χ4n) is 5.33. The zero-order chi connectivity index (χ0) is 28.3. The molecule has 3 aromatic carbocycles. The van der Waals surface area contributed by atoms with Crippen molar-refractivity contribution in [2.24, 2.45) is 0 Å². The minimum atomic E-state index is -0.321. The maximum absolute atomic E-state index is 13.6. The van der Waals surface area contributed by atoms with Gasteiger partial charge in [-0.05, 0) is 46.0 Å². The molecule has 6 aromatic rings. The molecule has 0 fully saturated rings. The quantitative estimate of drug-likeness (QED) is 0.292. The van der Waals surface area contributed by atoms with Gasteiger partial charge in [-0.3, -0.25) is 13.9 Å². The van der Waals surface area contributed by atoms with E-state index in [4.69, 9.17) is 4.98 Å². The largest absolute Gasteiger partial charge is 0.332 e. The third-order valence-electron chi connectivity index (χ3n) is 7.43. The van der Waals surface area contributed by atoms with Gasteiger partial charge < -0.3 is 4.57 Å². The van der Waals surface area contributed by atoms with Crippen molar-refractivity contribution in [2.75, 3.05) is 0 Å². The van der Waals surface area contributed by atoms with Crippen molar-refractivity contribution >= 4 is 11.2 Å². The van der Waals surface area contributed by atoms with Crippen molar-refractivity contribution in [3.8, 4) is 22.5 Å². The minimum absolute atomic E-state index is 0.292. The lowest BCUT2D eigenvalue weighted by Gasteiger charge is -2.13. The predicted octanol–water partition coefficient (Wildman–Crippen LogP) is 4.08. The van der Waals surface area contributed by atoms with Crippen LogP contribution in [0.4, 0.5) is 0 Å². The second kappa shape index (κ2) is 11.2. The molecule has 6 rings (SSSR count). The molecule has 1 N–H and O–H groups in total. The van der Waals surface area contributed by atoms with Gasteiger partial charge in [-0.25, -0.2) is 14.9 Å². The van der Waals surface area contributed by atoms with Crippen LogP contribution in [0.3, 0.4) is 0 Å². The van der Waals surface area contributed by atoms with E-state index in [1.54, 1.807) is 4.57 Å². The normalized spacial score (nSPS) is 11.4. The van der Waals surface area contributed by atoms with E-state index in [1.165, 1.54) is 4.57 Å². The van der Waals surface area contributed by atoms with E-state index in [0.717, 1.165) is 33.6 Å². The number of fused-ring (bicyclic) bond motifs is 1. The average Bonchev–Trinajstić information content (AvgIpc) is 3.67. The summed E-state index contributed by atoms with van der Waals surface area (Å²) in [5, 5.41) is 14.3.